The lowest BCUT2D eigenvalue weighted by Crippen LogP contribution is -2.20. The molecule has 1 atom stereocenters. The zero-order valence-electron chi connectivity index (χ0n) is 12.4. The number of aryl methyl sites for hydroxylation is 2. The van der Waals surface area contributed by atoms with E-state index in [1.165, 1.54) is 22.3 Å². The van der Waals surface area contributed by atoms with Crippen LogP contribution in [0.15, 0.2) is 34.8 Å². The third-order valence-electron chi connectivity index (χ3n) is 3.72. The first kappa shape index (κ1) is 14.4. The Morgan fingerprint density at radius 2 is 2.14 bits per heavy atom. The first-order valence-electron chi connectivity index (χ1n) is 7.04. The first-order chi connectivity index (χ1) is 10.0. The Labute approximate surface area is 132 Å². The van der Waals surface area contributed by atoms with Crippen LogP contribution in [0, 0.1) is 6.92 Å². The van der Waals surface area contributed by atoms with Crippen molar-refractivity contribution >= 4 is 26.8 Å². The Hall–Kier alpha value is -1.59. The average molecular weight is 347 g/mol. The second-order valence-electron chi connectivity index (χ2n) is 5.46. The van der Waals surface area contributed by atoms with Gasteiger partial charge in [0.05, 0.1) is 11.4 Å². The minimum Gasteiger partial charge on any atom is -0.357 e. The van der Waals surface area contributed by atoms with Gasteiger partial charge in [0, 0.05) is 40.7 Å². The molecule has 2 aromatic heterocycles. The summed E-state index contributed by atoms with van der Waals surface area (Å²) in [5.41, 5.74) is 4.61. The van der Waals surface area contributed by atoms with Crippen LogP contribution >= 0.6 is 15.9 Å². The number of nitrogens with one attached hydrogen (secondary N) is 2. The minimum absolute atomic E-state index is 0.259. The SMILES string of the molecule is Cc1cc(C(C)NCc2cc3cc(Br)ccc3[nH]2)n(C)n1. The molecule has 2 heterocycles. The Bertz CT molecular complexity index is 772. The van der Waals surface area contributed by atoms with Gasteiger partial charge in [-0.05, 0) is 44.2 Å². The van der Waals surface area contributed by atoms with Crippen LogP contribution in [0.5, 0.6) is 0 Å². The number of fused-ring (bicyclic) bond motifs is 1. The van der Waals surface area contributed by atoms with E-state index in [1.54, 1.807) is 0 Å². The van der Waals surface area contributed by atoms with Crippen LogP contribution in [0.2, 0.25) is 0 Å². The van der Waals surface area contributed by atoms with E-state index >= 15 is 0 Å². The van der Waals surface area contributed by atoms with E-state index in [0.717, 1.165) is 16.7 Å². The molecule has 1 unspecified atom stereocenters. The standard InChI is InChI=1S/C16H19BrN4/c1-10-6-16(21(3)20-10)11(2)18-9-14-8-12-7-13(17)4-5-15(12)19-14/h4-8,11,18-19H,9H2,1-3H3. The number of rotatable bonds is 4. The van der Waals surface area contributed by atoms with Gasteiger partial charge in [0.1, 0.15) is 0 Å². The summed E-state index contributed by atoms with van der Waals surface area (Å²) < 4.78 is 3.04. The second kappa shape index (κ2) is 5.66. The maximum Gasteiger partial charge on any atom is 0.0597 e. The van der Waals surface area contributed by atoms with Crippen molar-refractivity contribution in [2.75, 3.05) is 0 Å². The number of hydrogen-bond acceptors (Lipinski definition) is 2. The molecule has 0 aliphatic carbocycles. The molecule has 21 heavy (non-hydrogen) atoms. The highest BCUT2D eigenvalue weighted by atomic mass is 79.9. The van der Waals surface area contributed by atoms with Crippen molar-refractivity contribution in [1.82, 2.24) is 20.1 Å². The zero-order chi connectivity index (χ0) is 15.0. The van der Waals surface area contributed by atoms with E-state index in [1.807, 2.05) is 18.7 Å². The lowest BCUT2D eigenvalue weighted by Gasteiger charge is -2.13. The van der Waals surface area contributed by atoms with Crippen molar-refractivity contribution in [2.24, 2.45) is 7.05 Å². The smallest absolute Gasteiger partial charge is 0.0597 e. The maximum atomic E-state index is 4.40. The lowest BCUT2D eigenvalue weighted by molar-refractivity contribution is 0.526. The number of aromatic nitrogens is 3. The van der Waals surface area contributed by atoms with Gasteiger partial charge in [-0.1, -0.05) is 15.9 Å². The van der Waals surface area contributed by atoms with Gasteiger partial charge in [-0.3, -0.25) is 4.68 Å². The summed E-state index contributed by atoms with van der Waals surface area (Å²) in [4.78, 5) is 3.44. The van der Waals surface area contributed by atoms with Gasteiger partial charge in [-0.2, -0.15) is 5.10 Å². The van der Waals surface area contributed by atoms with Crippen molar-refractivity contribution in [3.8, 4) is 0 Å². The first-order valence-corrected chi connectivity index (χ1v) is 7.83. The predicted molar refractivity (Wildman–Crippen MR) is 89.2 cm³/mol. The maximum absolute atomic E-state index is 4.40. The summed E-state index contributed by atoms with van der Waals surface area (Å²) in [5, 5.41) is 9.16. The largest absolute Gasteiger partial charge is 0.357 e. The molecular weight excluding hydrogens is 328 g/mol. The van der Waals surface area contributed by atoms with Gasteiger partial charge < -0.3 is 10.3 Å². The highest BCUT2D eigenvalue weighted by Gasteiger charge is 2.11. The molecule has 1 aromatic carbocycles. The number of aromatic amines is 1. The number of H-pyrrole nitrogens is 1. The summed E-state index contributed by atoms with van der Waals surface area (Å²) >= 11 is 3.51. The molecule has 0 aliphatic heterocycles. The molecule has 2 N–H and O–H groups in total. The molecule has 4 nitrogen and oxygen atoms in total. The third-order valence-corrected chi connectivity index (χ3v) is 4.21. The van der Waals surface area contributed by atoms with E-state index < -0.39 is 0 Å². The molecular formula is C16H19BrN4. The van der Waals surface area contributed by atoms with Crippen LogP contribution < -0.4 is 5.32 Å². The molecule has 0 saturated carbocycles. The summed E-state index contributed by atoms with van der Waals surface area (Å²) in [6, 6.07) is 10.8. The van der Waals surface area contributed by atoms with Crippen LogP contribution in [0.25, 0.3) is 10.9 Å². The molecule has 3 rings (SSSR count). The van der Waals surface area contributed by atoms with Crippen LogP contribution in [0.4, 0.5) is 0 Å². The summed E-state index contributed by atoms with van der Waals surface area (Å²) in [5.74, 6) is 0. The van der Waals surface area contributed by atoms with Gasteiger partial charge in [-0.15, -0.1) is 0 Å². The Morgan fingerprint density at radius 1 is 1.33 bits per heavy atom. The number of nitrogens with zero attached hydrogens (tertiary/aromatic N) is 2. The van der Waals surface area contributed by atoms with Crippen LogP contribution in [0.3, 0.4) is 0 Å². The molecule has 0 amide bonds. The van der Waals surface area contributed by atoms with Crippen molar-refractivity contribution in [3.05, 3.63) is 51.9 Å². The third kappa shape index (κ3) is 3.04. The van der Waals surface area contributed by atoms with Gasteiger partial charge in [0.25, 0.3) is 0 Å². The monoisotopic (exact) mass is 346 g/mol. The van der Waals surface area contributed by atoms with E-state index in [-0.39, 0.29) is 6.04 Å². The van der Waals surface area contributed by atoms with Crippen LogP contribution in [-0.4, -0.2) is 14.8 Å². The van der Waals surface area contributed by atoms with E-state index in [2.05, 4.69) is 68.6 Å². The lowest BCUT2D eigenvalue weighted by atomic mass is 10.2. The van der Waals surface area contributed by atoms with Crippen molar-refractivity contribution < 1.29 is 0 Å². The molecule has 0 spiro atoms. The van der Waals surface area contributed by atoms with Crippen LogP contribution in [0.1, 0.15) is 30.0 Å². The highest BCUT2D eigenvalue weighted by Crippen LogP contribution is 2.21. The second-order valence-corrected chi connectivity index (χ2v) is 6.38. The fourth-order valence-electron chi connectivity index (χ4n) is 2.66. The summed E-state index contributed by atoms with van der Waals surface area (Å²) in [6.07, 6.45) is 0. The van der Waals surface area contributed by atoms with Crippen LogP contribution in [-0.2, 0) is 13.6 Å². The van der Waals surface area contributed by atoms with Crippen molar-refractivity contribution in [3.63, 3.8) is 0 Å². The number of benzene rings is 1. The fraction of sp³-hybridized carbons (Fsp3) is 0.312. The number of halogens is 1. The van der Waals surface area contributed by atoms with Gasteiger partial charge >= 0.3 is 0 Å². The highest BCUT2D eigenvalue weighted by molar-refractivity contribution is 9.10. The van der Waals surface area contributed by atoms with Gasteiger partial charge in [0.15, 0.2) is 0 Å². The molecule has 0 saturated heterocycles. The summed E-state index contributed by atoms with van der Waals surface area (Å²) in [7, 11) is 1.99. The molecule has 0 radical (unpaired) electrons. The van der Waals surface area contributed by atoms with E-state index in [9.17, 15) is 0 Å². The molecule has 5 heteroatoms. The van der Waals surface area contributed by atoms with Crippen molar-refractivity contribution in [1.29, 1.82) is 0 Å². The molecule has 3 aromatic rings. The van der Waals surface area contributed by atoms with Gasteiger partial charge in [-0.25, -0.2) is 0 Å². The van der Waals surface area contributed by atoms with Crippen molar-refractivity contribution in [2.45, 2.75) is 26.4 Å². The predicted octanol–water partition coefficient (Wildman–Crippen LogP) is 3.82. The normalized spacial score (nSPS) is 13.0. The number of hydrogen-bond donors (Lipinski definition) is 2. The fourth-order valence-corrected chi connectivity index (χ4v) is 3.04. The van der Waals surface area contributed by atoms with E-state index in [4.69, 9.17) is 0 Å². The Balaban J connectivity index is 1.72. The minimum atomic E-state index is 0.259. The van der Waals surface area contributed by atoms with Gasteiger partial charge in [0.2, 0.25) is 0 Å². The van der Waals surface area contributed by atoms with E-state index in [0.29, 0.717) is 0 Å². The summed E-state index contributed by atoms with van der Waals surface area (Å²) in [6.45, 7) is 4.99. The molecule has 110 valence electrons. The molecule has 0 fully saturated rings. The molecule has 0 bridgehead atoms. The molecule has 0 aliphatic rings. The quantitative estimate of drug-likeness (QED) is 0.754. The Morgan fingerprint density at radius 3 is 2.86 bits per heavy atom. The zero-order valence-corrected chi connectivity index (χ0v) is 14.0. The Kier molecular flexibility index (Phi) is 3.87. The average Bonchev–Trinajstić information content (AvgIpc) is 2.98. The topological polar surface area (TPSA) is 45.6 Å².